The van der Waals surface area contributed by atoms with Crippen LogP contribution in [-0.4, -0.2) is 39.3 Å². The Morgan fingerprint density at radius 1 is 1.12 bits per heavy atom. The molecule has 0 aliphatic rings. The molecule has 0 aliphatic carbocycles. The Kier molecular flexibility index (Phi) is 5.16. The van der Waals surface area contributed by atoms with E-state index in [9.17, 15) is 30.0 Å². The van der Waals surface area contributed by atoms with E-state index in [2.05, 4.69) is 4.18 Å². The van der Waals surface area contributed by atoms with Crippen molar-refractivity contribution in [3.05, 3.63) is 0 Å². The highest BCUT2D eigenvalue weighted by molar-refractivity contribution is 8.03. The van der Waals surface area contributed by atoms with E-state index in [1.165, 1.54) is 0 Å². The monoisotopic (exact) mass is 286 g/mol. The van der Waals surface area contributed by atoms with Crippen LogP contribution >= 0.6 is 0 Å². The molecule has 16 heavy (non-hydrogen) atoms. The second-order valence-corrected chi connectivity index (χ2v) is 6.26. The summed E-state index contributed by atoms with van der Waals surface area (Å²) in [5.41, 5.74) is 0. The lowest BCUT2D eigenvalue weighted by molar-refractivity contribution is -0.136. The lowest BCUT2D eigenvalue weighted by Crippen LogP contribution is -2.19. The predicted octanol–water partition coefficient (Wildman–Crippen LogP) is 0.521. The molecule has 0 heterocycles. The molecule has 0 spiro atoms. The number of rotatable bonds is 6. The first-order valence-electron chi connectivity index (χ1n) is 3.80. The third-order valence-corrected chi connectivity index (χ3v) is 4.03. The van der Waals surface area contributed by atoms with Crippen LogP contribution in [0.1, 0.15) is 12.8 Å². The topological polar surface area (TPSA) is 97.7 Å². The summed E-state index contributed by atoms with van der Waals surface area (Å²) >= 11 is 0. The molecule has 0 saturated carbocycles. The van der Waals surface area contributed by atoms with Crippen molar-refractivity contribution in [1.82, 2.24) is 0 Å². The lowest BCUT2D eigenvalue weighted by Gasteiger charge is -2.06. The summed E-state index contributed by atoms with van der Waals surface area (Å²) in [6.45, 7) is -0.794. The SMILES string of the molecule is O=S(=O)(O)CS(=O)(=O)OCCCC(F)(F)F. The molecule has 0 bridgehead atoms. The zero-order chi connectivity index (χ0) is 13.0. The van der Waals surface area contributed by atoms with Crippen molar-refractivity contribution in [3.8, 4) is 0 Å². The van der Waals surface area contributed by atoms with Gasteiger partial charge < -0.3 is 0 Å². The van der Waals surface area contributed by atoms with Crippen LogP contribution in [0, 0.1) is 0 Å². The van der Waals surface area contributed by atoms with E-state index in [1.807, 2.05) is 0 Å². The van der Waals surface area contributed by atoms with Crippen molar-refractivity contribution in [2.75, 3.05) is 11.7 Å². The number of hydrogen-bond donors (Lipinski definition) is 1. The van der Waals surface area contributed by atoms with Crippen molar-refractivity contribution in [1.29, 1.82) is 0 Å². The summed E-state index contributed by atoms with van der Waals surface area (Å²) < 4.78 is 88.7. The molecular formula is C5H9F3O6S2. The van der Waals surface area contributed by atoms with Crippen LogP contribution in [0.4, 0.5) is 13.2 Å². The summed E-state index contributed by atoms with van der Waals surface area (Å²) in [6.07, 6.45) is -6.29. The van der Waals surface area contributed by atoms with Crippen LogP contribution in [0.5, 0.6) is 0 Å². The van der Waals surface area contributed by atoms with Crippen molar-refractivity contribution < 1.29 is 38.7 Å². The van der Waals surface area contributed by atoms with E-state index in [-0.39, 0.29) is 0 Å². The molecule has 0 aromatic carbocycles. The maximum absolute atomic E-state index is 11.6. The Balaban J connectivity index is 4.03. The van der Waals surface area contributed by atoms with Gasteiger partial charge in [0.2, 0.25) is 5.08 Å². The summed E-state index contributed by atoms with van der Waals surface area (Å²) in [5, 5.41) is -1.67. The fourth-order valence-corrected chi connectivity index (χ4v) is 2.78. The van der Waals surface area contributed by atoms with Gasteiger partial charge in [-0.3, -0.25) is 8.74 Å². The van der Waals surface area contributed by atoms with Crippen LogP contribution in [0.2, 0.25) is 0 Å². The van der Waals surface area contributed by atoms with Crippen LogP contribution in [-0.2, 0) is 24.4 Å². The van der Waals surface area contributed by atoms with Crippen molar-refractivity contribution >= 4 is 20.2 Å². The Bertz CT molecular complexity index is 408. The van der Waals surface area contributed by atoms with Gasteiger partial charge in [0.25, 0.3) is 20.2 Å². The summed E-state index contributed by atoms with van der Waals surface area (Å²) in [5.74, 6) is 0. The van der Waals surface area contributed by atoms with Gasteiger partial charge in [-0.05, 0) is 6.42 Å². The first-order chi connectivity index (χ1) is 6.91. The van der Waals surface area contributed by atoms with Gasteiger partial charge in [0.1, 0.15) is 0 Å². The zero-order valence-corrected chi connectivity index (χ0v) is 9.40. The smallest absolute Gasteiger partial charge is 0.285 e. The molecule has 0 unspecified atom stereocenters. The highest BCUT2D eigenvalue weighted by Gasteiger charge is 2.27. The molecule has 0 atom stereocenters. The van der Waals surface area contributed by atoms with Gasteiger partial charge in [-0.15, -0.1) is 0 Å². The molecule has 0 aliphatic heterocycles. The second-order valence-electron chi connectivity index (χ2n) is 2.80. The molecule has 11 heteroatoms. The zero-order valence-electron chi connectivity index (χ0n) is 7.77. The normalized spacial score (nSPS) is 14.0. The van der Waals surface area contributed by atoms with Crippen molar-refractivity contribution in [3.63, 3.8) is 0 Å². The highest BCUT2D eigenvalue weighted by Crippen LogP contribution is 2.21. The maximum Gasteiger partial charge on any atom is 0.389 e. The average molecular weight is 286 g/mol. The third kappa shape index (κ3) is 10.1. The molecule has 1 N–H and O–H groups in total. The second kappa shape index (κ2) is 5.29. The van der Waals surface area contributed by atoms with Crippen molar-refractivity contribution in [2.24, 2.45) is 0 Å². The minimum Gasteiger partial charge on any atom is -0.285 e. The Morgan fingerprint density at radius 2 is 1.62 bits per heavy atom. The number of alkyl halides is 3. The summed E-state index contributed by atoms with van der Waals surface area (Å²) in [4.78, 5) is 0. The van der Waals surface area contributed by atoms with Crippen molar-refractivity contribution in [2.45, 2.75) is 19.0 Å². The quantitative estimate of drug-likeness (QED) is 0.434. The molecule has 6 nitrogen and oxygen atoms in total. The van der Waals surface area contributed by atoms with Gasteiger partial charge in [-0.2, -0.15) is 30.0 Å². The standard InChI is InChI=1S/C5H9F3O6S2/c6-5(7,8)2-1-3-14-16(12,13)4-15(9,10)11/h1-4H2,(H,9,10,11). The molecule has 0 aromatic rings. The highest BCUT2D eigenvalue weighted by atomic mass is 32.3. The van der Waals surface area contributed by atoms with E-state index in [0.717, 1.165) is 0 Å². The van der Waals surface area contributed by atoms with Crippen LogP contribution in [0.3, 0.4) is 0 Å². The molecule has 0 rings (SSSR count). The minimum atomic E-state index is -4.78. The van der Waals surface area contributed by atoms with Gasteiger partial charge in [0, 0.05) is 6.42 Å². The van der Waals surface area contributed by atoms with E-state index >= 15 is 0 Å². The molecule has 0 aromatic heterocycles. The fraction of sp³-hybridized carbons (Fsp3) is 1.00. The molecule has 0 fully saturated rings. The molecule has 0 saturated heterocycles. The fourth-order valence-electron chi connectivity index (χ4n) is 0.675. The minimum absolute atomic E-state index is 0.617. The average Bonchev–Trinajstić information content (AvgIpc) is 1.91. The summed E-state index contributed by atoms with van der Waals surface area (Å²) in [6, 6.07) is 0. The van der Waals surface area contributed by atoms with E-state index < -0.39 is 50.9 Å². The van der Waals surface area contributed by atoms with Crippen LogP contribution in [0.25, 0.3) is 0 Å². The first kappa shape index (κ1) is 15.6. The first-order valence-corrected chi connectivity index (χ1v) is 6.99. The van der Waals surface area contributed by atoms with Crippen LogP contribution < -0.4 is 0 Å². The third-order valence-electron chi connectivity index (χ3n) is 1.16. The molecule has 0 radical (unpaired) electrons. The van der Waals surface area contributed by atoms with E-state index in [1.54, 1.807) is 0 Å². The van der Waals surface area contributed by atoms with Gasteiger partial charge >= 0.3 is 6.18 Å². The lowest BCUT2D eigenvalue weighted by atomic mass is 10.3. The van der Waals surface area contributed by atoms with Gasteiger partial charge in [0.15, 0.2) is 0 Å². The number of halogens is 3. The largest absolute Gasteiger partial charge is 0.389 e. The molecule has 98 valence electrons. The number of hydrogen-bond acceptors (Lipinski definition) is 5. The predicted molar refractivity (Wildman–Crippen MR) is 46.6 cm³/mol. The van der Waals surface area contributed by atoms with Gasteiger partial charge in [0.05, 0.1) is 6.61 Å². The maximum atomic E-state index is 11.6. The summed E-state index contributed by atoms with van der Waals surface area (Å²) in [7, 11) is -9.34. The molecule has 0 amide bonds. The van der Waals surface area contributed by atoms with E-state index in [0.29, 0.717) is 0 Å². The Hall–Kier alpha value is -0.390. The van der Waals surface area contributed by atoms with Crippen LogP contribution in [0.15, 0.2) is 0 Å². The molecular weight excluding hydrogens is 277 g/mol. The van der Waals surface area contributed by atoms with E-state index in [4.69, 9.17) is 4.55 Å². The van der Waals surface area contributed by atoms with Gasteiger partial charge in [-0.25, -0.2) is 0 Å². The van der Waals surface area contributed by atoms with Gasteiger partial charge in [-0.1, -0.05) is 0 Å². The Labute approximate surface area is 90.3 Å². The Morgan fingerprint density at radius 3 is 2.00 bits per heavy atom.